The van der Waals surface area contributed by atoms with Crippen LogP contribution in [-0.2, 0) is 40.6 Å². The highest BCUT2D eigenvalue weighted by atomic mass is 16.6. The molecular formula is C29H39N5O4. The molecule has 1 amide bonds. The molecule has 1 aliphatic rings. The maximum absolute atomic E-state index is 12.3. The van der Waals surface area contributed by atoms with Crippen molar-refractivity contribution in [3.8, 4) is 23.0 Å². The summed E-state index contributed by atoms with van der Waals surface area (Å²) in [6, 6.07) is 4.04. The van der Waals surface area contributed by atoms with Crippen molar-refractivity contribution in [2.45, 2.75) is 86.2 Å². The SMILES string of the molecule is Cc1cc(-c2noc(-c3nn(C)c4c3CCC(C)(C)C4)n2)cc(C)c1CCC(=O)NCC(=O)OC(C)(C)C. The van der Waals surface area contributed by atoms with Crippen LogP contribution >= 0.6 is 0 Å². The normalized spacial score (nSPS) is 14.7. The Balaban J connectivity index is 1.44. The van der Waals surface area contributed by atoms with E-state index in [0.29, 0.717) is 18.1 Å². The first-order valence-electron chi connectivity index (χ1n) is 13.2. The van der Waals surface area contributed by atoms with Gasteiger partial charge in [-0.3, -0.25) is 14.3 Å². The Labute approximate surface area is 224 Å². The molecule has 0 radical (unpaired) electrons. The highest BCUT2D eigenvalue weighted by Gasteiger charge is 2.32. The number of carbonyl (C=O) groups excluding carboxylic acids is 2. The fourth-order valence-electron chi connectivity index (χ4n) is 5.09. The van der Waals surface area contributed by atoms with Crippen molar-refractivity contribution in [2.24, 2.45) is 12.5 Å². The number of fused-ring (bicyclic) bond motifs is 1. The lowest BCUT2D eigenvalue weighted by molar-refractivity contribution is -0.154. The number of hydrogen-bond donors (Lipinski definition) is 1. The molecule has 9 nitrogen and oxygen atoms in total. The maximum atomic E-state index is 12.3. The van der Waals surface area contributed by atoms with E-state index in [0.717, 1.165) is 47.2 Å². The number of benzene rings is 1. The standard InChI is InChI=1S/C29H39N5O4/c1-17-13-19(14-18(2)20(17)9-10-23(35)30-16-24(36)37-28(3,4)5)26-31-27(38-33-26)25-21-11-12-29(6,7)15-22(21)34(8)32-25/h13-14H,9-12,15-16H2,1-8H3,(H,30,35). The van der Waals surface area contributed by atoms with Gasteiger partial charge in [0.2, 0.25) is 11.7 Å². The highest BCUT2D eigenvalue weighted by Crippen LogP contribution is 2.38. The summed E-state index contributed by atoms with van der Waals surface area (Å²) in [5.41, 5.74) is 6.94. The predicted molar refractivity (Wildman–Crippen MR) is 144 cm³/mol. The van der Waals surface area contributed by atoms with Crippen LogP contribution in [0, 0.1) is 19.3 Å². The molecule has 0 fully saturated rings. The molecule has 0 atom stereocenters. The maximum Gasteiger partial charge on any atom is 0.325 e. The number of aryl methyl sites for hydroxylation is 3. The van der Waals surface area contributed by atoms with E-state index in [9.17, 15) is 9.59 Å². The van der Waals surface area contributed by atoms with Crippen LogP contribution in [0.5, 0.6) is 0 Å². The molecule has 2 heterocycles. The molecule has 0 saturated heterocycles. The molecule has 0 aliphatic heterocycles. The average molecular weight is 522 g/mol. The van der Waals surface area contributed by atoms with Crippen molar-refractivity contribution in [2.75, 3.05) is 6.54 Å². The molecule has 0 spiro atoms. The molecule has 0 bridgehead atoms. The first kappa shape index (κ1) is 27.5. The fraction of sp³-hybridized carbons (Fsp3) is 0.552. The van der Waals surface area contributed by atoms with Gasteiger partial charge in [-0.15, -0.1) is 0 Å². The molecule has 9 heteroatoms. The van der Waals surface area contributed by atoms with Crippen LogP contribution in [0.2, 0.25) is 0 Å². The van der Waals surface area contributed by atoms with Crippen LogP contribution in [0.4, 0.5) is 0 Å². The number of amides is 1. The zero-order chi connectivity index (χ0) is 27.8. The second kappa shape index (κ2) is 10.3. The van der Waals surface area contributed by atoms with Gasteiger partial charge >= 0.3 is 5.97 Å². The Kier molecular flexibility index (Phi) is 7.50. The molecule has 2 aromatic heterocycles. The lowest BCUT2D eigenvalue weighted by Crippen LogP contribution is -2.34. The van der Waals surface area contributed by atoms with Gasteiger partial charge in [-0.2, -0.15) is 10.1 Å². The van der Waals surface area contributed by atoms with Crippen LogP contribution in [0.25, 0.3) is 23.0 Å². The van der Waals surface area contributed by atoms with Crippen LogP contribution in [0.15, 0.2) is 16.7 Å². The minimum absolute atomic E-state index is 0.135. The third kappa shape index (κ3) is 6.31. The number of aromatic nitrogens is 4. The topological polar surface area (TPSA) is 112 Å². The monoisotopic (exact) mass is 521 g/mol. The third-order valence-corrected chi connectivity index (χ3v) is 7.01. The molecule has 1 aromatic carbocycles. The van der Waals surface area contributed by atoms with E-state index in [1.54, 1.807) is 20.8 Å². The van der Waals surface area contributed by atoms with Crippen LogP contribution in [-0.4, -0.2) is 43.9 Å². The quantitative estimate of drug-likeness (QED) is 0.450. The number of ether oxygens (including phenoxy) is 1. The second-order valence-electron chi connectivity index (χ2n) is 12.1. The van der Waals surface area contributed by atoms with E-state index in [2.05, 4.69) is 24.3 Å². The van der Waals surface area contributed by atoms with E-state index >= 15 is 0 Å². The van der Waals surface area contributed by atoms with Crippen molar-refractivity contribution in [3.63, 3.8) is 0 Å². The smallest absolute Gasteiger partial charge is 0.325 e. The predicted octanol–water partition coefficient (Wildman–Crippen LogP) is 4.66. The number of carbonyl (C=O) groups is 2. The van der Waals surface area contributed by atoms with E-state index in [1.807, 2.05) is 37.7 Å². The van der Waals surface area contributed by atoms with E-state index in [1.165, 1.54) is 11.3 Å². The summed E-state index contributed by atoms with van der Waals surface area (Å²) < 4.78 is 12.9. The molecule has 4 rings (SSSR count). The van der Waals surface area contributed by atoms with Crippen molar-refractivity contribution in [3.05, 3.63) is 40.1 Å². The summed E-state index contributed by atoms with van der Waals surface area (Å²) >= 11 is 0. The van der Waals surface area contributed by atoms with Crippen molar-refractivity contribution < 1.29 is 18.8 Å². The Morgan fingerprint density at radius 3 is 2.53 bits per heavy atom. The minimum atomic E-state index is -0.578. The van der Waals surface area contributed by atoms with E-state index in [-0.39, 0.29) is 24.3 Å². The second-order valence-corrected chi connectivity index (χ2v) is 12.1. The molecule has 1 aliphatic carbocycles. The summed E-state index contributed by atoms with van der Waals surface area (Å²) in [4.78, 5) is 28.9. The van der Waals surface area contributed by atoms with Gasteiger partial charge < -0.3 is 14.6 Å². The van der Waals surface area contributed by atoms with E-state index < -0.39 is 11.6 Å². The van der Waals surface area contributed by atoms with Gasteiger partial charge in [-0.05, 0) is 94.5 Å². The number of nitrogens with one attached hydrogen (secondary N) is 1. The fourth-order valence-corrected chi connectivity index (χ4v) is 5.09. The van der Waals surface area contributed by atoms with Crippen molar-refractivity contribution in [1.82, 2.24) is 25.2 Å². The van der Waals surface area contributed by atoms with Gasteiger partial charge in [0.25, 0.3) is 5.89 Å². The van der Waals surface area contributed by atoms with Gasteiger partial charge in [0, 0.05) is 30.3 Å². The average Bonchev–Trinajstić information content (AvgIpc) is 3.40. The zero-order valence-corrected chi connectivity index (χ0v) is 23.8. The molecule has 204 valence electrons. The third-order valence-electron chi connectivity index (χ3n) is 7.01. The van der Waals surface area contributed by atoms with Crippen molar-refractivity contribution >= 4 is 11.9 Å². The van der Waals surface area contributed by atoms with Gasteiger partial charge in [-0.1, -0.05) is 19.0 Å². The van der Waals surface area contributed by atoms with Crippen LogP contribution < -0.4 is 5.32 Å². The molecule has 38 heavy (non-hydrogen) atoms. The number of esters is 1. The molecule has 3 aromatic rings. The minimum Gasteiger partial charge on any atom is -0.459 e. The first-order chi connectivity index (χ1) is 17.7. The zero-order valence-electron chi connectivity index (χ0n) is 23.8. The van der Waals surface area contributed by atoms with Gasteiger partial charge in [0.15, 0.2) is 5.69 Å². The lowest BCUT2D eigenvalue weighted by atomic mass is 9.76. The largest absolute Gasteiger partial charge is 0.459 e. The van der Waals surface area contributed by atoms with Gasteiger partial charge in [0.1, 0.15) is 12.1 Å². The Morgan fingerprint density at radius 1 is 1.18 bits per heavy atom. The Hall–Kier alpha value is -3.49. The Morgan fingerprint density at radius 2 is 1.87 bits per heavy atom. The molecule has 0 saturated carbocycles. The van der Waals surface area contributed by atoms with Gasteiger partial charge in [-0.25, -0.2) is 0 Å². The highest BCUT2D eigenvalue weighted by molar-refractivity contribution is 5.82. The number of nitrogens with zero attached hydrogens (tertiary/aromatic N) is 4. The number of rotatable bonds is 7. The summed E-state index contributed by atoms with van der Waals surface area (Å²) in [5, 5.41) is 11.6. The van der Waals surface area contributed by atoms with E-state index in [4.69, 9.17) is 19.3 Å². The molecular weight excluding hydrogens is 482 g/mol. The molecule has 1 N–H and O–H groups in total. The molecule has 0 unspecified atom stereocenters. The summed E-state index contributed by atoms with van der Waals surface area (Å²) in [6.45, 7) is 13.9. The summed E-state index contributed by atoms with van der Waals surface area (Å²) in [6.07, 6.45) is 3.86. The van der Waals surface area contributed by atoms with Crippen molar-refractivity contribution in [1.29, 1.82) is 0 Å². The van der Waals surface area contributed by atoms with Gasteiger partial charge in [0.05, 0.1) is 0 Å². The summed E-state index contributed by atoms with van der Waals surface area (Å²) in [7, 11) is 1.98. The number of hydrogen-bond acceptors (Lipinski definition) is 7. The van der Waals surface area contributed by atoms with Crippen LogP contribution in [0.3, 0.4) is 0 Å². The first-order valence-corrected chi connectivity index (χ1v) is 13.2. The van der Waals surface area contributed by atoms with Crippen LogP contribution in [0.1, 0.15) is 75.4 Å². The lowest BCUT2D eigenvalue weighted by Gasteiger charge is -2.29. The Bertz CT molecular complexity index is 1340. The summed E-state index contributed by atoms with van der Waals surface area (Å²) in [5.74, 6) is 0.321.